The van der Waals surface area contributed by atoms with E-state index in [-0.39, 0.29) is 19.0 Å². The Kier molecular flexibility index (Phi) is 7.62. The van der Waals surface area contributed by atoms with E-state index in [1.165, 1.54) is 0 Å². The van der Waals surface area contributed by atoms with Crippen LogP contribution in [0.4, 0.5) is 0 Å². The van der Waals surface area contributed by atoms with Gasteiger partial charge in [0.1, 0.15) is 0 Å². The van der Waals surface area contributed by atoms with Crippen LogP contribution < -0.4 is 0 Å². The first kappa shape index (κ1) is 10.7. The molecule has 0 aliphatic carbocycles. The molecule has 0 amide bonds. The molecule has 0 saturated carbocycles. The summed E-state index contributed by atoms with van der Waals surface area (Å²) in [5.41, 5.74) is 0. The quantitative estimate of drug-likeness (QED) is 0.376. The third-order valence-corrected chi connectivity index (χ3v) is 1.30. The van der Waals surface area contributed by atoms with Crippen molar-refractivity contribution >= 4 is 17.6 Å². The fraction of sp³-hybridized carbons (Fsp3) is 0.857. The molecule has 0 radical (unpaired) electrons. The topological polar surface area (TPSA) is 46.5 Å². The van der Waals surface area contributed by atoms with Crippen LogP contribution in [0.2, 0.25) is 0 Å². The van der Waals surface area contributed by atoms with Crippen LogP contribution in [0, 0.1) is 0 Å². The van der Waals surface area contributed by atoms with E-state index in [9.17, 15) is 4.79 Å². The van der Waals surface area contributed by atoms with Crippen molar-refractivity contribution in [3.63, 3.8) is 0 Å². The monoisotopic (exact) mass is 180 g/mol. The van der Waals surface area contributed by atoms with Gasteiger partial charge < -0.3 is 9.84 Å². The number of rotatable bonds is 6. The van der Waals surface area contributed by atoms with E-state index in [4.69, 9.17) is 21.4 Å². The minimum absolute atomic E-state index is 0.146. The van der Waals surface area contributed by atoms with E-state index in [0.29, 0.717) is 25.3 Å². The Morgan fingerprint density at radius 3 is 2.73 bits per heavy atom. The maximum Gasteiger partial charge on any atom is 0.306 e. The van der Waals surface area contributed by atoms with Gasteiger partial charge in [-0.1, -0.05) is 0 Å². The first-order chi connectivity index (χ1) is 5.31. The number of hydrogen-bond acceptors (Lipinski definition) is 3. The Labute approximate surface area is 71.3 Å². The molecule has 0 aliphatic heterocycles. The Morgan fingerprint density at radius 1 is 1.45 bits per heavy atom. The van der Waals surface area contributed by atoms with E-state index in [1.54, 1.807) is 0 Å². The predicted molar refractivity (Wildman–Crippen MR) is 42.6 cm³/mol. The van der Waals surface area contributed by atoms with Crippen LogP contribution in [0.25, 0.3) is 0 Å². The first-order valence-electron chi connectivity index (χ1n) is 3.63. The summed E-state index contributed by atoms with van der Waals surface area (Å²) in [6, 6.07) is 0. The summed E-state index contributed by atoms with van der Waals surface area (Å²) in [5.74, 6) is 0.0386. The molecule has 0 unspecified atom stereocenters. The molecule has 3 nitrogen and oxygen atoms in total. The second kappa shape index (κ2) is 7.82. The van der Waals surface area contributed by atoms with Gasteiger partial charge in [0.2, 0.25) is 0 Å². The maximum atomic E-state index is 10.6. The van der Waals surface area contributed by atoms with Gasteiger partial charge in [-0.15, -0.1) is 11.6 Å². The van der Waals surface area contributed by atoms with Crippen LogP contribution in [-0.2, 0) is 9.53 Å². The highest BCUT2D eigenvalue weighted by molar-refractivity contribution is 6.18. The Hall–Kier alpha value is -0.280. The summed E-state index contributed by atoms with van der Waals surface area (Å²) in [5, 5.41) is 8.37. The van der Waals surface area contributed by atoms with Crippen molar-refractivity contribution in [2.75, 3.05) is 19.1 Å². The molecule has 0 fully saturated rings. The van der Waals surface area contributed by atoms with E-state index >= 15 is 0 Å². The summed E-state index contributed by atoms with van der Waals surface area (Å²) >= 11 is 5.30. The van der Waals surface area contributed by atoms with Crippen molar-refractivity contribution < 1.29 is 14.6 Å². The lowest BCUT2D eigenvalue weighted by Gasteiger charge is -2.01. The minimum atomic E-state index is -0.266. The second-order valence-electron chi connectivity index (χ2n) is 2.09. The van der Waals surface area contributed by atoms with Gasteiger partial charge in [-0.2, -0.15) is 0 Å². The fourth-order valence-corrected chi connectivity index (χ4v) is 0.703. The lowest BCUT2D eigenvalue weighted by atomic mass is 10.3. The van der Waals surface area contributed by atoms with Crippen LogP contribution in [0.5, 0.6) is 0 Å². The van der Waals surface area contributed by atoms with Crippen molar-refractivity contribution in [1.82, 2.24) is 0 Å². The Balaban J connectivity index is 3.04. The summed E-state index contributed by atoms with van der Waals surface area (Å²) in [6.07, 6.45) is 1.65. The number of ether oxygens (including phenoxy) is 1. The summed E-state index contributed by atoms with van der Waals surface area (Å²) in [6.45, 7) is 0.531. The molecule has 0 aromatic carbocycles. The van der Waals surface area contributed by atoms with Crippen molar-refractivity contribution in [3.8, 4) is 0 Å². The molecule has 66 valence electrons. The lowest BCUT2D eigenvalue weighted by Crippen LogP contribution is -2.06. The number of alkyl halides is 1. The lowest BCUT2D eigenvalue weighted by molar-refractivity contribution is -0.143. The molecule has 0 saturated heterocycles. The SMILES string of the molecule is O=C(CCCl)OCCCCO. The van der Waals surface area contributed by atoms with Crippen molar-refractivity contribution in [2.45, 2.75) is 19.3 Å². The van der Waals surface area contributed by atoms with Gasteiger partial charge in [0.25, 0.3) is 0 Å². The normalized spacial score (nSPS) is 9.64. The van der Waals surface area contributed by atoms with Crippen LogP contribution in [0.3, 0.4) is 0 Å². The predicted octanol–water partition coefficient (Wildman–Crippen LogP) is 0.931. The molecule has 0 spiro atoms. The molecule has 1 N–H and O–H groups in total. The Morgan fingerprint density at radius 2 is 2.18 bits per heavy atom. The molecule has 0 atom stereocenters. The van der Waals surface area contributed by atoms with Crippen LogP contribution in [-0.4, -0.2) is 30.2 Å². The number of unbranched alkanes of at least 4 members (excludes halogenated alkanes) is 1. The van der Waals surface area contributed by atoms with Gasteiger partial charge in [-0.05, 0) is 12.8 Å². The number of carbonyl (C=O) groups excluding carboxylic acids is 1. The summed E-state index contributed by atoms with van der Waals surface area (Å²) in [7, 11) is 0. The average molecular weight is 181 g/mol. The zero-order chi connectivity index (χ0) is 8.53. The number of aliphatic hydroxyl groups excluding tert-OH is 1. The van der Waals surface area contributed by atoms with Crippen molar-refractivity contribution in [3.05, 3.63) is 0 Å². The third-order valence-electron chi connectivity index (χ3n) is 1.11. The first-order valence-corrected chi connectivity index (χ1v) is 4.17. The minimum Gasteiger partial charge on any atom is -0.466 e. The number of esters is 1. The summed E-state index contributed by atoms with van der Waals surface area (Å²) < 4.78 is 4.75. The van der Waals surface area contributed by atoms with Gasteiger partial charge in [-0.25, -0.2) is 0 Å². The molecule has 4 heteroatoms. The highest BCUT2D eigenvalue weighted by Gasteiger charge is 1.99. The fourth-order valence-electron chi connectivity index (χ4n) is 0.549. The van der Waals surface area contributed by atoms with E-state index < -0.39 is 0 Å². The molecule has 0 aromatic rings. The highest BCUT2D eigenvalue weighted by Crippen LogP contribution is 1.93. The zero-order valence-corrected chi connectivity index (χ0v) is 7.14. The Bertz CT molecular complexity index is 106. The van der Waals surface area contributed by atoms with Crippen molar-refractivity contribution in [1.29, 1.82) is 0 Å². The van der Waals surface area contributed by atoms with Gasteiger partial charge in [0.05, 0.1) is 13.0 Å². The number of aliphatic hydroxyl groups is 1. The highest BCUT2D eigenvalue weighted by atomic mass is 35.5. The van der Waals surface area contributed by atoms with Crippen molar-refractivity contribution in [2.24, 2.45) is 0 Å². The largest absolute Gasteiger partial charge is 0.466 e. The maximum absolute atomic E-state index is 10.6. The number of halogens is 1. The summed E-state index contributed by atoms with van der Waals surface area (Å²) in [4.78, 5) is 10.6. The van der Waals surface area contributed by atoms with Crippen LogP contribution >= 0.6 is 11.6 Å². The molecule has 0 rings (SSSR count). The molecular weight excluding hydrogens is 168 g/mol. The van der Waals surface area contributed by atoms with Gasteiger partial charge >= 0.3 is 5.97 Å². The molecule has 0 aliphatic rings. The average Bonchev–Trinajstić information content (AvgIpc) is 1.99. The molecular formula is C7H13ClO3. The smallest absolute Gasteiger partial charge is 0.306 e. The molecule has 11 heavy (non-hydrogen) atoms. The number of carbonyl (C=O) groups is 1. The third kappa shape index (κ3) is 7.62. The molecule has 0 aromatic heterocycles. The molecule has 0 heterocycles. The van der Waals surface area contributed by atoms with Gasteiger partial charge in [0.15, 0.2) is 0 Å². The van der Waals surface area contributed by atoms with E-state index in [1.807, 2.05) is 0 Å². The van der Waals surface area contributed by atoms with E-state index in [0.717, 1.165) is 0 Å². The van der Waals surface area contributed by atoms with Gasteiger partial charge in [-0.3, -0.25) is 4.79 Å². The number of hydrogen-bond donors (Lipinski definition) is 1. The molecule has 0 bridgehead atoms. The van der Waals surface area contributed by atoms with Crippen LogP contribution in [0.1, 0.15) is 19.3 Å². The second-order valence-corrected chi connectivity index (χ2v) is 2.47. The zero-order valence-electron chi connectivity index (χ0n) is 6.38. The van der Waals surface area contributed by atoms with Crippen LogP contribution in [0.15, 0.2) is 0 Å². The van der Waals surface area contributed by atoms with E-state index in [2.05, 4.69) is 0 Å². The van der Waals surface area contributed by atoms with Gasteiger partial charge in [0, 0.05) is 12.5 Å². The standard InChI is InChI=1S/C7H13ClO3/c8-4-3-7(10)11-6-2-1-5-9/h9H,1-6H2.